The predicted molar refractivity (Wildman–Crippen MR) is 73.5 cm³/mol. The Balaban J connectivity index is 1.95. The largest absolute Gasteiger partial charge is 0.308 e. The fourth-order valence-electron chi connectivity index (χ4n) is 1.20. The summed E-state index contributed by atoms with van der Waals surface area (Å²) in [5.74, 6) is 6.75. The van der Waals surface area contributed by atoms with Gasteiger partial charge >= 0.3 is 0 Å². The summed E-state index contributed by atoms with van der Waals surface area (Å²) in [4.78, 5) is 8.44. The molecule has 2 rings (SSSR count). The fourth-order valence-corrected chi connectivity index (χ4v) is 2.21. The zero-order valence-corrected chi connectivity index (χ0v) is 11.3. The van der Waals surface area contributed by atoms with Crippen molar-refractivity contribution in [1.82, 2.24) is 9.97 Å². The van der Waals surface area contributed by atoms with Crippen LogP contribution in [-0.4, -0.2) is 9.97 Å². The normalized spacial score (nSPS) is 10.2. The Morgan fingerprint density at radius 2 is 2.06 bits per heavy atom. The zero-order valence-electron chi connectivity index (χ0n) is 8.93. The topological polar surface area (TPSA) is 63.8 Å². The second-order valence-corrected chi connectivity index (χ2v) is 5.21. The molecule has 0 amide bonds. The van der Waals surface area contributed by atoms with E-state index in [-0.39, 0.29) is 0 Å². The van der Waals surface area contributed by atoms with E-state index in [0.717, 1.165) is 20.8 Å². The van der Waals surface area contributed by atoms with Crippen LogP contribution in [0.1, 0.15) is 5.56 Å². The van der Waals surface area contributed by atoms with Crippen molar-refractivity contribution in [2.24, 2.45) is 5.84 Å². The lowest BCUT2D eigenvalue weighted by Crippen LogP contribution is -2.08. The molecule has 0 spiro atoms. The Bertz CT molecular complexity index is 472. The molecule has 4 nitrogen and oxygen atoms in total. The number of nitrogens with one attached hydrogen (secondary N) is 1. The molecule has 0 bridgehead atoms. The molecule has 3 N–H and O–H groups in total. The number of hydrazine groups is 1. The number of aromatic nitrogens is 2. The number of nitrogens with zero attached hydrogens (tertiary/aromatic N) is 2. The molecule has 88 valence electrons. The van der Waals surface area contributed by atoms with E-state index in [2.05, 4.69) is 31.3 Å². The zero-order chi connectivity index (χ0) is 12.1. The molecule has 2 heterocycles. The number of rotatable bonds is 4. The maximum absolute atomic E-state index is 5.25. The standard InChI is InChI=1S/C11H11BrN4S/c12-9-2-4-11(15-6-9)17-7-8-1-3-10(16-13)14-5-8/h1-6H,7,13H2,(H,14,16). The highest BCUT2D eigenvalue weighted by Gasteiger charge is 1.98. The fraction of sp³-hybridized carbons (Fsp3) is 0.0909. The molecule has 0 atom stereocenters. The molecule has 0 saturated heterocycles. The summed E-state index contributed by atoms with van der Waals surface area (Å²) in [5, 5.41) is 0.995. The second kappa shape index (κ2) is 6.00. The molecule has 0 saturated carbocycles. The molecule has 0 aliphatic carbocycles. The van der Waals surface area contributed by atoms with E-state index in [9.17, 15) is 0 Å². The highest BCUT2D eigenvalue weighted by Crippen LogP contribution is 2.21. The Labute approximate surface area is 112 Å². The van der Waals surface area contributed by atoms with Crippen molar-refractivity contribution in [3.63, 3.8) is 0 Å². The first kappa shape index (κ1) is 12.3. The monoisotopic (exact) mass is 310 g/mol. The summed E-state index contributed by atoms with van der Waals surface area (Å²) in [6.45, 7) is 0. The highest BCUT2D eigenvalue weighted by atomic mass is 79.9. The summed E-state index contributed by atoms with van der Waals surface area (Å²) in [7, 11) is 0. The van der Waals surface area contributed by atoms with Gasteiger partial charge in [-0.15, -0.1) is 11.8 Å². The van der Waals surface area contributed by atoms with E-state index in [1.807, 2.05) is 24.3 Å². The average molecular weight is 311 g/mol. The van der Waals surface area contributed by atoms with Gasteiger partial charge in [0.05, 0.1) is 5.03 Å². The van der Waals surface area contributed by atoms with Crippen molar-refractivity contribution < 1.29 is 0 Å². The molecule has 2 aromatic heterocycles. The van der Waals surface area contributed by atoms with Crippen LogP contribution in [-0.2, 0) is 5.75 Å². The van der Waals surface area contributed by atoms with Gasteiger partial charge < -0.3 is 5.43 Å². The Hall–Kier alpha value is -1.11. The molecular weight excluding hydrogens is 300 g/mol. The van der Waals surface area contributed by atoms with Crippen molar-refractivity contribution in [1.29, 1.82) is 0 Å². The lowest BCUT2D eigenvalue weighted by molar-refractivity contribution is 1.12. The molecule has 6 heteroatoms. The van der Waals surface area contributed by atoms with Crippen LogP contribution in [0.5, 0.6) is 0 Å². The molecule has 0 aliphatic rings. The number of hydrogen-bond donors (Lipinski definition) is 2. The number of pyridine rings is 2. The van der Waals surface area contributed by atoms with Gasteiger partial charge in [-0.05, 0) is 39.7 Å². The summed E-state index contributed by atoms with van der Waals surface area (Å²) in [5.41, 5.74) is 3.64. The van der Waals surface area contributed by atoms with Gasteiger partial charge in [0.25, 0.3) is 0 Å². The summed E-state index contributed by atoms with van der Waals surface area (Å²) in [6.07, 6.45) is 3.60. The molecular formula is C11H11BrN4S. The third-order valence-electron chi connectivity index (χ3n) is 2.06. The van der Waals surface area contributed by atoms with Crippen LogP contribution in [0.15, 0.2) is 46.2 Å². The first-order valence-electron chi connectivity index (χ1n) is 4.94. The van der Waals surface area contributed by atoms with Crippen molar-refractivity contribution in [3.8, 4) is 0 Å². The summed E-state index contributed by atoms with van der Waals surface area (Å²) in [6, 6.07) is 7.81. The molecule has 0 aliphatic heterocycles. The van der Waals surface area contributed by atoms with Crippen LogP contribution in [0.3, 0.4) is 0 Å². The van der Waals surface area contributed by atoms with Crippen LogP contribution < -0.4 is 11.3 Å². The van der Waals surface area contributed by atoms with Crippen molar-refractivity contribution in [2.45, 2.75) is 10.8 Å². The average Bonchev–Trinajstić information content (AvgIpc) is 2.39. The minimum atomic E-state index is 0.667. The molecule has 0 fully saturated rings. The molecule has 0 aromatic carbocycles. The number of anilines is 1. The van der Waals surface area contributed by atoms with Crippen LogP contribution in [0.25, 0.3) is 0 Å². The van der Waals surface area contributed by atoms with E-state index >= 15 is 0 Å². The van der Waals surface area contributed by atoms with E-state index in [1.54, 1.807) is 24.2 Å². The van der Waals surface area contributed by atoms with Gasteiger partial charge in [-0.3, -0.25) is 0 Å². The van der Waals surface area contributed by atoms with Gasteiger partial charge in [0.1, 0.15) is 5.82 Å². The van der Waals surface area contributed by atoms with Crippen molar-refractivity contribution >= 4 is 33.5 Å². The first-order chi connectivity index (χ1) is 8.28. The lowest BCUT2D eigenvalue weighted by atomic mass is 10.3. The van der Waals surface area contributed by atoms with Crippen LogP contribution in [0.4, 0.5) is 5.82 Å². The lowest BCUT2D eigenvalue weighted by Gasteiger charge is -2.02. The Morgan fingerprint density at radius 3 is 2.65 bits per heavy atom. The minimum absolute atomic E-state index is 0.667. The van der Waals surface area contributed by atoms with Gasteiger partial charge in [-0.25, -0.2) is 15.8 Å². The maximum atomic E-state index is 5.25. The van der Waals surface area contributed by atoms with Gasteiger partial charge in [0.15, 0.2) is 0 Å². The number of thioether (sulfide) groups is 1. The molecule has 0 unspecified atom stereocenters. The van der Waals surface area contributed by atoms with Crippen LogP contribution in [0, 0.1) is 0 Å². The number of nitrogen functional groups attached to an aromatic ring is 1. The van der Waals surface area contributed by atoms with Crippen molar-refractivity contribution in [2.75, 3.05) is 5.43 Å². The van der Waals surface area contributed by atoms with E-state index < -0.39 is 0 Å². The SMILES string of the molecule is NNc1ccc(CSc2ccc(Br)cn2)cn1. The molecule has 0 radical (unpaired) electrons. The van der Waals surface area contributed by atoms with Gasteiger partial charge in [-0.2, -0.15) is 0 Å². The highest BCUT2D eigenvalue weighted by molar-refractivity contribution is 9.10. The van der Waals surface area contributed by atoms with Gasteiger partial charge in [-0.1, -0.05) is 6.07 Å². The predicted octanol–water partition coefficient (Wildman–Crippen LogP) is 2.82. The molecule has 17 heavy (non-hydrogen) atoms. The van der Waals surface area contributed by atoms with Crippen molar-refractivity contribution in [3.05, 3.63) is 46.7 Å². The van der Waals surface area contributed by atoms with E-state index in [1.165, 1.54) is 0 Å². The smallest absolute Gasteiger partial charge is 0.139 e. The summed E-state index contributed by atoms with van der Waals surface area (Å²) >= 11 is 5.03. The third-order valence-corrected chi connectivity index (χ3v) is 3.54. The maximum Gasteiger partial charge on any atom is 0.139 e. The van der Waals surface area contributed by atoms with E-state index in [0.29, 0.717) is 5.82 Å². The van der Waals surface area contributed by atoms with Gasteiger partial charge in [0.2, 0.25) is 0 Å². The quantitative estimate of drug-likeness (QED) is 0.516. The second-order valence-electron chi connectivity index (χ2n) is 3.30. The third kappa shape index (κ3) is 3.69. The van der Waals surface area contributed by atoms with Crippen LogP contribution >= 0.6 is 27.7 Å². The number of halogens is 1. The van der Waals surface area contributed by atoms with Crippen LogP contribution in [0.2, 0.25) is 0 Å². The Kier molecular flexibility index (Phi) is 4.36. The van der Waals surface area contributed by atoms with E-state index in [4.69, 9.17) is 5.84 Å². The minimum Gasteiger partial charge on any atom is -0.308 e. The number of hydrogen-bond acceptors (Lipinski definition) is 5. The Morgan fingerprint density at radius 1 is 1.18 bits per heavy atom. The summed E-state index contributed by atoms with van der Waals surface area (Å²) < 4.78 is 0.988. The first-order valence-corrected chi connectivity index (χ1v) is 6.71. The molecule has 2 aromatic rings. The van der Waals surface area contributed by atoms with Gasteiger partial charge in [0, 0.05) is 22.6 Å². The number of nitrogens with two attached hydrogens (primary N) is 1.